The zero-order chi connectivity index (χ0) is 27.5. The van der Waals surface area contributed by atoms with Gasteiger partial charge >= 0.3 is 0 Å². The van der Waals surface area contributed by atoms with Crippen molar-refractivity contribution in [3.63, 3.8) is 0 Å². The van der Waals surface area contributed by atoms with Gasteiger partial charge in [0.15, 0.2) is 17.3 Å². The Morgan fingerprint density at radius 3 is 2.15 bits per heavy atom. The first kappa shape index (κ1) is 25.7. The van der Waals surface area contributed by atoms with Crippen molar-refractivity contribution in [2.75, 3.05) is 39.1 Å². The van der Waals surface area contributed by atoms with Crippen LogP contribution in [0, 0.1) is 0 Å². The largest absolute Gasteiger partial charge is 0.497 e. The first-order valence-corrected chi connectivity index (χ1v) is 12.2. The number of carbonyl (C=O) groups excluding carboxylic acids is 1. The molecule has 0 saturated carbocycles. The van der Waals surface area contributed by atoms with Gasteiger partial charge in [0.2, 0.25) is 11.7 Å². The van der Waals surface area contributed by atoms with Gasteiger partial charge in [0, 0.05) is 16.9 Å². The Hall–Kier alpha value is -4.99. The fraction of sp³-hybridized carbons (Fsp3) is 0.207. The molecule has 1 aliphatic rings. The minimum Gasteiger partial charge on any atom is -0.497 e. The van der Waals surface area contributed by atoms with E-state index in [1.54, 1.807) is 33.1 Å². The molecular weight excluding hydrogens is 498 g/mol. The van der Waals surface area contributed by atoms with Crippen LogP contribution in [0.5, 0.6) is 23.0 Å². The van der Waals surface area contributed by atoms with E-state index in [2.05, 4.69) is 10.6 Å². The number of anilines is 2. The van der Waals surface area contributed by atoms with Crippen LogP contribution in [0.1, 0.15) is 18.5 Å². The number of nitrogens with zero attached hydrogens (tertiary/aromatic N) is 3. The van der Waals surface area contributed by atoms with Crippen molar-refractivity contribution in [1.29, 1.82) is 0 Å². The minimum absolute atomic E-state index is 0.280. The van der Waals surface area contributed by atoms with Gasteiger partial charge < -0.3 is 29.6 Å². The van der Waals surface area contributed by atoms with E-state index >= 15 is 0 Å². The molecule has 39 heavy (non-hydrogen) atoms. The Morgan fingerprint density at radius 1 is 0.897 bits per heavy atom. The van der Waals surface area contributed by atoms with Crippen LogP contribution in [0.2, 0.25) is 0 Å². The number of benzene rings is 3. The highest BCUT2D eigenvalue weighted by atomic mass is 16.5. The highest BCUT2D eigenvalue weighted by Gasteiger charge is 2.36. The smallest absolute Gasteiger partial charge is 0.255 e. The van der Waals surface area contributed by atoms with Crippen molar-refractivity contribution in [2.45, 2.75) is 13.0 Å². The minimum atomic E-state index is -0.654. The maximum atomic E-state index is 13.8. The van der Waals surface area contributed by atoms with Crippen LogP contribution in [0.3, 0.4) is 0 Å². The second-order valence-electron chi connectivity index (χ2n) is 8.78. The fourth-order valence-corrected chi connectivity index (χ4v) is 4.59. The maximum absolute atomic E-state index is 13.8. The summed E-state index contributed by atoms with van der Waals surface area (Å²) in [7, 11) is 6.27. The molecule has 10 nitrogen and oxygen atoms in total. The van der Waals surface area contributed by atoms with E-state index in [1.165, 1.54) is 0 Å². The molecule has 0 aliphatic carbocycles. The fourth-order valence-electron chi connectivity index (χ4n) is 4.59. The van der Waals surface area contributed by atoms with Crippen molar-refractivity contribution < 1.29 is 23.7 Å². The van der Waals surface area contributed by atoms with Gasteiger partial charge in [-0.25, -0.2) is 4.68 Å². The second kappa shape index (κ2) is 10.8. The van der Waals surface area contributed by atoms with Crippen molar-refractivity contribution in [1.82, 2.24) is 14.8 Å². The van der Waals surface area contributed by atoms with E-state index in [4.69, 9.17) is 29.0 Å². The monoisotopic (exact) mass is 527 g/mol. The lowest BCUT2D eigenvalue weighted by Crippen LogP contribution is -2.31. The molecule has 10 heteroatoms. The van der Waals surface area contributed by atoms with E-state index in [1.807, 2.05) is 73.7 Å². The first-order chi connectivity index (χ1) is 19.0. The number of hydrogen-bond acceptors (Lipinski definition) is 8. The molecule has 4 aromatic rings. The van der Waals surface area contributed by atoms with Gasteiger partial charge in [0.05, 0.1) is 34.0 Å². The van der Waals surface area contributed by atoms with E-state index < -0.39 is 6.04 Å². The Bertz CT molecular complexity index is 1500. The number of allylic oxidation sites excluding steroid dienone is 1. The van der Waals surface area contributed by atoms with E-state index in [-0.39, 0.29) is 5.91 Å². The number of amides is 1. The summed E-state index contributed by atoms with van der Waals surface area (Å²) in [5.41, 5.74) is 3.29. The molecular formula is C29H29N5O5. The van der Waals surface area contributed by atoms with E-state index in [9.17, 15) is 4.79 Å². The molecule has 1 aliphatic heterocycles. The van der Waals surface area contributed by atoms with Crippen LogP contribution in [0.15, 0.2) is 78.0 Å². The van der Waals surface area contributed by atoms with E-state index in [0.29, 0.717) is 51.5 Å². The molecule has 0 spiro atoms. The van der Waals surface area contributed by atoms with Gasteiger partial charge in [-0.3, -0.25) is 4.79 Å². The molecule has 0 radical (unpaired) electrons. The van der Waals surface area contributed by atoms with E-state index in [0.717, 1.165) is 11.3 Å². The molecule has 1 unspecified atom stereocenters. The standard InChI is InChI=1S/C29H29N5O5/c1-17-24(28(35)31-20-9-7-6-8-10-20)25(19-15-22(37-3)26(39-5)23(16-19)38-4)34-29(30-17)32-27(33-34)18-11-13-21(36-2)14-12-18/h6-16,25H,1-5H3,(H,31,35)(H,30,32,33). The number of ether oxygens (including phenoxy) is 4. The van der Waals surface area contributed by atoms with Crippen molar-refractivity contribution >= 4 is 17.5 Å². The Labute approximate surface area is 226 Å². The highest BCUT2D eigenvalue weighted by molar-refractivity contribution is 6.06. The average Bonchev–Trinajstić information content (AvgIpc) is 3.39. The third-order valence-electron chi connectivity index (χ3n) is 6.48. The van der Waals surface area contributed by atoms with Crippen LogP contribution in [0.4, 0.5) is 11.6 Å². The van der Waals surface area contributed by atoms with Crippen LogP contribution >= 0.6 is 0 Å². The topological polar surface area (TPSA) is 109 Å². The number of hydrogen-bond donors (Lipinski definition) is 2. The summed E-state index contributed by atoms with van der Waals surface area (Å²) in [4.78, 5) is 18.5. The molecule has 1 aromatic heterocycles. The Balaban J connectivity index is 1.66. The van der Waals surface area contributed by atoms with Crippen LogP contribution < -0.4 is 29.6 Å². The number of carbonyl (C=O) groups is 1. The zero-order valence-corrected chi connectivity index (χ0v) is 22.3. The van der Waals surface area contributed by atoms with Gasteiger partial charge in [-0.05, 0) is 61.0 Å². The lowest BCUT2D eigenvalue weighted by atomic mass is 9.94. The summed E-state index contributed by atoms with van der Waals surface area (Å²) in [6.45, 7) is 1.84. The number of nitrogens with one attached hydrogen (secondary N) is 2. The maximum Gasteiger partial charge on any atom is 0.255 e. The molecule has 0 fully saturated rings. The molecule has 1 amide bonds. The third-order valence-corrected chi connectivity index (χ3v) is 6.48. The lowest BCUT2D eigenvalue weighted by Gasteiger charge is -2.29. The number of fused-ring (bicyclic) bond motifs is 1. The molecule has 1 atom stereocenters. The molecule has 200 valence electrons. The number of para-hydroxylation sites is 1. The molecule has 0 saturated heterocycles. The summed E-state index contributed by atoms with van der Waals surface area (Å²) >= 11 is 0. The predicted octanol–water partition coefficient (Wildman–Crippen LogP) is 4.91. The predicted molar refractivity (Wildman–Crippen MR) is 148 cm³/mol. The summed E-state index contributed by atoms with van der Waals surface area (Å²) in [6, 6.07) is 19.7. The van der Waals surface area contributed by atoms with Crippen LogP contribution in [0.25, 0.3) is 11.4 Å². The normalized spacial score (nSPS) is 14.2. The molecule has 3 aromatic carbocycles. The van der Waals surface area contributed by atoms with Gasteiger partial charge in [-0.15, -0.1) is 5.10 Å². The Morgan fingerprint density at radius 2 is 1.56 bits per heavy atom. The van der Waals surface area contributed by atoms with Crippen molar-refractivity contribution in [2.24, 2.45) is 0 Å². The van der Waals surface area contributed by atoms with Gasteiger partial charge in [-0.1, -0.05) is 18.2 Å². The van der Waals surface area contributed by atoms with Crippen LogP contribution in [-0.2, 0) is 4.79 Å². The SMILES string of the molecule is COc1ccc(-c2nc3n(n2)C(c2cc(OC)c(OC)c(OC)c2)C(C(=O)Nc2ccccc2)=C(C)N3)cc1. The second-order valence-corrected chi connectivity index (χ2v) is 8.78. The van der Waals surface area contributed by atoms with Gasteiger partial charge in [-0.2, -0.15) is 4.98 Å². The first-order valence-electron chi connectivity index (χ1n) is 12.2. The lowest BCUT2D eigenvalue weighted by molar-refractivity contribution is -0.113. The molecule has 0 bridgehead atoms. The number of rotatable bonds is 8. The average molecular weight is 528 g/mol. The van der Waals surface area contributed by atoms with Crippen molar-refractivity contribution in [3.05, 3.63) is 83.6 Å². The summed E-state index contributed by atoms with van der Waals surface area (Å²) in [5.74, 6) is 2.81. The van der Waals surface area contributed by atoms with Crippen LogP contribution in [-0.4, -0.2) is 49.1 Å². The van der Waals surface area contributed by atoms with Crippen molar-refractivity contribution in [3.8, 4) is 34.4 Å². The number of methoxy groups -OCH3 is 4. The third kappa shape index (κ3) is 4.84. The molecule has 2 heterocycles. The van der Waals surface area contributed by atoms with Gasteiger partial charge in [0.1, 0.15) is 11.8 Å². The highest BCUT2D eigenvalue weighted by Crippen LogP contribution is 2.44. The summed E-state index contributed by atoms with van der Waals surface area (Å²) in [6.07, 6.45) is 0. The van der Waals surface area contributed by atoms with Gasteiger partial charge in [0.25, 0.3) is 5.91 Å². The zero-order valence-electron chi connectivity index (χ0n) is 22.3. The summed E-state index contributed by atoms with van der Waals surface area (Å²) in [5, 5.41) is 11.1. The molecule has 2 N–H and O–H groups in total. The molecule has 5 rings (SSSR count). The number of aromatic nitrogens is 3. The Kier molecular flexibility index (Phi) is 7.09. The summed E-state index contributed by atoms with van der Waals surface area (Å²) < 4.78 is 23.7. The quantitative estimate of drug-likeness (QED) is 0.333.